The van der Waals surface area contributed by atoms with E-state index in [1.165, 1.54) is 0 Å². The second kappa shape index (κ2) is 3.79. The van der Waals surface area contributed by atoms with Crippen LogP contribution in [0.5, 0.6) is 0 Å². The van der Waals surface area contributed by atoms with E-state index in [9.17, 15) is 9.79 Å². The number of rotatable bonds is 3. The summed E-state index contributed by atoms with van der Waals surface area (Å²) in [7, 11) is 0. The van der Waals surface area contributed by atoms with E-state index < -0.39 is 19.0 Å². The zero-order valence-corrected chi connectivity index (χ0v) is 16.3. The molecule has 0 amide bonds. The Kier molecular flexibility index (Phi) is 3.49. The Hall–Kier alpha value is 0.430. The average Bonchev–Trinajstić information content (AvgIpc) is 2.13. The van der Waals surface area contributed by atoms with Gasteiger partial charge in [-0.2, -0.15) is 0 Å². The molecule has 1 aromatic rings. The van der Waals surface area contributed by atoms with E-state index in [2.05, 4.69) is 53.3 Å². The molecule has 0 saturated carbocycles. The first-order chi connectivity index (χ1) is 7.95. The molecule has 2 N–H and O–H groups in total. The predicted octanol–water partition coefficient (Wildman–Crippen LogP) is 3.65. The van der Waals surface area contributed by atoms with Crippen molar-refractivity contribution in [2.24, 2.45) is 0 Å². The van der Waals surface area contributed by atoms with Crippen molar-refractivity contribution in [1.29, 1.82) is 0 Å². The van der Waals surface area contributed by atoms with Crippen molar-refractivity contribution in [3.63, 3.8) is 0 Å². The van der Waals surface area contributed by atoms with Gasteiger partial charge in [-0.05, 0) is 0 Å². The third kappa shape index (κ3) is 2.12. The Bertz CT molecular complexity index is 460. The number of hydrogen-bond donors (Lipinski definition) is 2. The van der Waals surface area contributed by atoms with Crippen LogP contribution >= 0.6 is 19.0 Å². The van der Waals surface area contributed by atoms with Crippen molar-refractivity contribution in [3.8, 4) is 0 Å². The van der Waals surface area contributed by atoms with Gasteiger partial charge in [0.15, 0.2) is 0 Å². The Morgan fingerprint density at radius 2 is 0.947 bits per heavy atom. The standard InChI is InChI=1S/C14H31O2P3/c1-17(2,3,4)19(15,16,18(5,6,7)8)14-12-10-9-11-13-14/h9-13,15-16H,1-8H3. The molecule has 114 valence electrons. The fraction of sp³-hybridized carbons (Fsp3) is 0.571. The van der Waals surface area contributed by atoms with Crippen LogP contribution in [0.4, 0.5) is 0 Å². The molecular formula is C14H31O2P3. The Balaban J connectivity index is 3.95. The molecule has 0 aliphatic carbocycles. The summed E-state index contributed by atoms with van der Waals surface area (Å²) < 4.78 is 0. The first-order valence-corrected chi connectivity index (χ1v) is 18.1. The molecule has 0 saturated heterocycles. The van der Waals surface area contributed by atoms with Gasteiger partial charge in [0.05, 0.1) is 0 Å². The van der Waals surface area contributed by atoms with Gasteiger partial charge >= 0.3 is 118 Å². The van der Waals surface area contributed by atoms with Crippen LogP contribution < -0.4 is 5.30 Å². The van der Waals surface area contributed by atoms with Crippen LogP contribution in [0, 0.1) is 0 Å². The Morgan fingerprint density at radius 1 is 0.632 bits per heavy atom. The van der Waals surface area contributed by atoms with Gasteiger partial charge in [0.2, 0.25) is 0 Å². The fourth-order valence-electron chi connectivity index (χ4n) is 3.05. The number of benzene rings is 1. The molecule has 1 rings (SSSR count). The minimum absolute atomic E-state index is 0.758. The molecule has 2 nitrogen and oxygen atoms in total. The molecule has 0 aromatic heterocycles. The molecule has 0 unspecified atom stereocenters. The monoisotopic (exact) mass is 324 g/mol. The van der Waals surface area contributed by atoms with Crippen molar-refractivity contribution in [3.05, 3.63) is 30.3 Å². The quantitative estimate of drug-likeness (QED) is 0.833. The van der Waals surface area contributed by atoms with E-state index in [-0.39, 0.29) is 0 Å². The van der Waals surface area contributed by atoms with Gasteiger partial charge in [0.25, 0.3) is 0 Å². The molecular weight excluding hydrogens is 293 g/mol. The summed E-state index contributed by atoms with van der Waals surface area (Å²) in [6.07, 6.45) is -9.36. The third-order valence-corrected chi connectivity index (χ3v) is 43.2. The van der Waals surface area contributed by atoms with Crippen LogP contribution in [0.15, 0.2) is 30.3 Å². The second-order valence-electron chi connectivity index (χ2n) is 9.24. The molecule has 5 heteroatoms. The zero-order valence-electron chi connectivity index (χ0n) is 13.6. The molecule has 0 atom stereocenters. The topological polar surface area (TPSA) is 40.5 Å². The summed E-state index contributed by atoms with van der Waals surface area (Å²) in [6, 6.07) is 9.56. The van der Waals surface area contributed by atoms with Crippen LogP contribution in [0.25, 0.3) is 0 Å². The maximum absolute atomic E-state index is 11.9. The zero-order chi connectivity index (χ0) is 15.5. The molecule has 0 bridgehead atoms. The summed E-state index contributed by atoms with van der Waals surface area (Å²) >= 11 is 0. The molecule has 19 heavy (non-hydrogen) atoms. The van der Waals surface area contributed by atoms with E-state index in [1.54, 1.807) is 0 Å². The molecule has 0 spiro atoms. The molecule has 0 aliphatic heterocycles. The molecule has 0 aliphatic rings. The van der Waals surface area contributed by atoms with Crippen molar-refractivity contribution >= 4 is 24.3 Å². The van der Waals surface area contributed by atoms with Crippen LogP contribution in [0.3, 0.4) is 0 Å². The summed E-state index contributed by atoms with van der Waals surface area (Å²) in [5.41, 5.74) is 0. The van der Waals surface area contributed by atoms with Crippen LogP contribution in [-0.4, -0.2) is 63.1 Å². The van der Waals surface area contributed by atoms with Gasteiger partial charge in [-0.25, -0.2) is 0 Å². The van der Waals surface area contributed by atoms with Gasteiger partial charge in [-0.3, -0.25) is 0 Å². The normalized spacial score (nSPS) is 20.4. The predicted molar refractivity (Wildman–Crippen MR) is 98.7 cm³/mol. The first kappa shape index (κ1) is 17.5. The summed E-state index contributed by atoms with van der Waals surface area (Å²) in [6.45, 7) is 16.8. The van der Waals surface area contributed by atoms with Gasteiger partial charge in [0.1, 0.15) is 0 Å². The summed E-state index contributed by atoms with van der Waals surface area (Å²) in [4.78, 5) is 23.9. The van der Waals surface area contributed by atoms with Crippen LogP contribution in [0.2, 0.25) is 0 Å². The van der Waals surface area contributed by atoms with E-state index in [1.807, 2.05) is 30.3 Å². The first-order valence-electron chi connectivity index (χ1n) is 6.51. The van der Waals surface area contributed by atoms with Crippen LogP contribution in [-0.2, 0) is 0 Å². The van der Waals surface area contributed by atoms with Crippen molar-refractivity contribution in [2.45, 2.75) is 0 Å². The number of hydrogen-bond acceptors (Lipinski definition) is 2. The molecule has 0 heterocycles. The average molecular weight is 324 g/mol. The molecule has 1 aromatic carbocycles. The van der Waals surface area contributed by atoms with Crippen LogP contribution in [0.1, 0.15) is 0 Å². The van der Waals surface area contributed by atoms with Gasteiger partial charge < -0.3 is 0 Å². The van der Waals surface area contributed by atoms with Gasteiger partial charge in [-0.15, -0.1) is 0 Å². The van der Waals surface area contributed by atoms with Crippen molar-refractivity contribution in [2.75, 3.05) is 53.3 Å². The Morgan fingerprint density at radius 3 is 1.21 bits per heavy atom. The van der Waals surface area contributed by atoms with E-state index in [0.717, 1.165) is 5.30 Å². The van der Waals surface area contributed by atoms with Crippen molar-refractivity contribution < 1.29 is 9.79 Å². The third-order valence-electron chi connectivity index (χ3n) is 4.16. The van der Waals surface area contributed by atoms with E-state index >= 15 is 0 Å². The fourth-order valence-corrected chi connectivity index (χ4v) is 49.2. The van der Waals surface area contributed by atoms with E-state index in [4.69, 9.17) is 0 Å². The maximum atomic E-state index is 11.9. The SMILES string of the molecule is CP(C)(C)(C)P(O)(O)(c1ccccc1)P(C)(C)(C)C. The second-order valence-corrected chi connectivity index (χ2v) is 40.7. The van der Waals surface area contributed by atoms with Crippen molar-refractivity contribution in [1.82, 2.24) is 0 Å². The van der Waals surface area contributed by atoms with Gasteiger partial charge in [-0.1, -0.05) is 0 Å². The Labute approximate surface area is 118 Å². The molecule has 0 radical (unpaired) electrons. The summed E-state index contributed by atoms with van der Waals surface area (Å²) in [5, 5.41) is 0.758. The van der Waals surface area contributed by atoms with E-state index in [0.29, 0.717) is 0 Å². The van der Waals surface area contributed by atoms with Gasteiger partial charge in [0, 0.05) is 0 Å². The minimum atomic E-state index is -4.02. The molecule has 0 fully saturated rings. The summed E-state index contributed by atoms with van der Waals surface area (Å²) in [5.74, 6) is 0.